The molecule has 1 atom stereocenters. The van der Waals surface area contributed by atoms with Crippen molar-refractivity contribution in [2.75, 3.05) is 6.54 Å². The SMILES string of the molecule is CC1(C)CC[C@](CN)(Cc2noc(=O)[nH]2)C1. The van der Waals surface area contributed by atoms with Crippen molar-refractivity contribution in [1.82, 2.24) is 10.1 Å². The van der Waals surface area contributed by atoms with Crippen molar-refractivity contribution in [2.24, 2.45) is 16.6 Å². The molecule has 0 unspecified atom stereocenters. The normalized spacial score (nSPS) is 28.4. The van der Waals surface area contributed by atoms with Crippen LogP contribution in [0.2, 0.25) is 0 Å². The Hall–Kier alpha value is -1.10. The van der Waals surface area contributed by atoms with Crippen molar-refractivity contribution in [3.63, 3.8) is 0 Å². The highest BCUT2D eigenvalue weighted by molar-refractivity contribution is 4.99. The smallest absolute Gasteiger partial charge is 0.330 e. The lowest BCUT2D eigenvalue weighted by molar-refractivity contribution is 0.252. The van der Waals surface area contributed by atoms with Crippen molar-refractivity contribution in [3.05, 3.63) is 16.4 Å². The van der Waals surface area contributed by atoms with Crippen LogP contribution in [0.3, 0.4) is 0 Å². The largest absolute Gasteiger partial charge is 0.438 e. The monoisotopic (exact) mass is 225 g/mol. The fourth-order valence-corrected chi connectivity index (χ4v) is 2.88. The number of aromatic amines is 1. The van der Waals surface area contributed by atoms with Gasteiger partial charge in [-0.2, -0.15) is 0 Å². The quantitative estimate of drug-likeness (QED) is 0.805. The second kappa shape index (κ2) is 3.73. The maximum atomic E-state index is 10.9. The molecular formula is C11H19N3O2. The molecule has 16 heavy (non-hydrogen) atoms. The first kappa shape index (κ1) is 11.4. The average molecular weight is 225 g/mol. The topological polar surface area (TPSA) is 84.9 Å². The van der Waals surface area contributed by atoms with Gasteiger partial charge < -0.3 is 5.73 Å². The summed E-state index contributed by atoms with van der Waals surface area (Å²) in [5.74, 6) is 0.132. The summed E-state index contributed by atoms with van der Waals surface area (Å²) in [6.07, 6.45) is 4.04. The fraction of sp³-hybridized carbons (Fsp3) is 0.818. The van der Waals surface area contributed by atoms with E-state index in [1.165, 1.54) is 6.42 Å². The Kier molecular flexibility index (Phi) is 2.66. The highest BCUT2D eigenvalue weighted by Gasteiger charge is 2.42. The molecule has 1 aliphatic rings. The van der Waals surface area contributed by atoms with Gasteiger partial charge in [0, 0.05) is 6.42 Å². The average Bonchev–Trinajstić information content (AvgIpc) is 2.72. The lowest BCUT2D eigenvalue weighted by Gasteiger charge is -2.28. The molecule has 3 N–H and O–H groups in total. The molecule has 0 saturated heterocycles. The van der Waals surface area contributed by atoms with Crippen LogP contribution in [0.15, 0.2) is 9.32 Å². The van der Waals surface area contributed by atoms with E-state index in [1.807, 2.05) is 0 Å². The van der Waals surface area contributed by atoms with E-state index in [2.05, 4.69) is 28.5 Å². The molecule has 1 fully saturated rings. The van der Waals surface area contributed by atoms with Gasteiger partial charge in [0.1, 0.15) is 0 Å². The van der Waals surface area contributed by atoms with Crippen molar-refractivity contribution < 1.29 is 4.52 Å². The van der Waals surface area contributed by atoms with Gasteiger partial charge >= 0.3 is 5.76 Å². The summed E-state index contributed by atoms with van der Waals surface area (Å²) in [5.41, 5.74) is 6.30. The molecule has 0 bridgehead atoms. The summed E-state index contributed by atoms with van der Waals surface area (Å²) in [4.78, 5) is 13.5. The molecule has 5 heteroatoms. The van der Waals surface area contributed by atoms with Gasteiger partial charge in [-0.15, -0.1) is 0 Å². The van der Waals surface area contributed by atoms with Crippen LogP contribution in [0.4, 0.5) is 0 Å². The maximum Gasteiger partial charge on any atom is 0.438 e. The van der Waals surface area contributed by atoms with E-state index in [-0.39, 0.29) is 5.41 Å². The van der Waals surface area contributed by atoms with E-state index >= 15 is 0 Å². The van der Waals surface area contributed by atoms with Crippen LogP contribution in [-0.2, 0) is 6.42 Å². The lowest BCUT2D eigenvalue weighted by atomic mass is 9.79. The highest BCUT2D eigenvalue weighted by Crippen LogP contribution is 2.49. The Morgan fingerprint density at radius 2 is 2.25 bits per heavy atom. The second-order valence-electron chi connectivity index (χ2n) is 5.76. The van der Waals surface area contributed by atoms with E-state index in [1.54, 1.807) is 0 Å². The Balaban J connectivity index is 2.15. The first-order chi connectivity index (χ1) is 7.45. The number of nitrogens with two attached hydrogens (primary N) is 1. The Labute approximate surface area is 94.4 Å². The van der Waals surface area contributed by atoms with Gasteiger partial charge in [0.25, 0.3) is 0 Å². The number of rotatable bonds is 3. The summed E-state index contributed by atoms with van der Waals surface area (Å²) < 4.78 is 4.51. The molecule has 0 amide bonds. The first-order valence-corrected chi connectivity index (χ1v) is 5.70. The van der Waals surface area contributed by atoms with E-state index in [4.69, 9.17) is 5.73 Å². The van der Waals surface area contributed by atoms with Gasteiger partial charge in [0.05, 0.1) is 0 Å². The van der Waals surface area contributed by atoms with Gasteiger partial charge in [0.2, 0.25) is 0 Å². The van der Waals surface area contributed by atoms with Crippen molar-refractivity contribution in [2.45, 2.75) is 39.5 Å². The van der Waals surface area contributed by atoms with E-state index < -0.39 is 5.76 Å². The van der Waals surface area contributed by atoms with Crippen LogP contribution in [0.1, 0.15) is 38.9 Å². The standard InChI is InChI=1S/C11H19N3O2/c1-10(2)3-4-11(6-10,7-12)5-8-13-9(15)16-14-8/h3-7,12H2,1-2H3,(H,13,14,15)/t11-/m0/s1. The van der Waals surface area contributed by atoms with Gasteiger partial charge in [-0.05, 0) is 36.6 Å². The Morgan fingerprint density at radius 1 is 1.50 bits per heavy atom. The summed E-state index contributed by atoms with van der Waals surface area (Å²) in [7, 11) is 0. The molecule has 0 aliphatic heterocycles. The molecular weight excluding hydrogens is 206 g/mol. The number of nitrogens with one attached hydrogen (secondary N) is 1. The predicted molar refractivity (Wildman–Crippen MR) is 59.9 cm³/mol. The van der Waals surface area contributed by atoms with Crippen LogP contribution in [0.25, 0.3) is 0 Å². The van der Waals surface area contributed by atoms with Crippen LogP contribution in [-0.4, -0.2) is 16.7 Å². The zero-order valence-corrected chi connectivity index (χ0v) is 9.88. The van der Waals surface area contributed by atoms with E-state index in [9.17, 15) is 4.79 Å². The summed E-state index contributed by atoms with van der Waals surface area (Å²) in [5, 5.41) is 3.72. The molecule has 90 valence electrons. The molecule has 0 aromatic carbocycles. The maximum absolute atomic E-state index is 10.9. The van der Waals surface area contributed by atoms with Crippen molar-refractivity contribution >= 4 is 0 Å². The zero-order valence-electron chi connectivity index (χ0n) is 9.88. The predicted octanol–water partition coefficient (Wildman–Crippen LogP) is 1.06. The number of hydrogen-bond acceptors (Lipinski definition) is 4. The molecule has 1 heterocycles. The Morgan fingerprint density at radius 3 is 2.69 bits per heavy atom. The molecule has 1 aromatic rings. The second-order valence-corrected chi connectivity index (χ2v) is 5.76. The first-order valence-electron chi connectivity index (χ1n) is 5.70. The van der Waals surface area contributed by atoms with Gasteiger partial charge in [-0.1, -0.05) is 19.0 Å². The minimum Gasteiger partial charge on any atom is -0.330 e. The summed E-state index contributed by atoms with van der Waals surface area (Å²) >= 11 is 0. The van der Waals surface area contributed by atoms with E-state index in [0.717, 1.165) is 12.8 Å². The fourth-order valence-electron chi connectivity index (χ4n) is 2.88. The lowest BCUT2D eigenvalue weighted by Crippen LogP contribution is -2.31. The van der Waals surface area contributed by atoms with Crippen molar-refractivity contribution in [3.8, 4) is 0 Å². The number of nitrogens with zero attached hydrogens (tertiary/aromatic N) is 1. The van der Waals surface area contributed by atoms with Crippen LogP contribution >= 0.6 is 0 Å². The van der Waals surface area contributed by atoms with Crippen molar-refractivity contribution in [1.29, 1.82) is 0 Å². The number of H-pyrrole nitrogens is 1. The summed E-state index contributed by atoms with van der Waals surface area (Å²) in [6, 6.07) is 0. The molecule has 0 spiro atoms. The molecule has 0 radical (unpaired) electrons. The van der Waals surface area contributed by atoms with Gasteiger partial charge in [-0.25, -0.2) is 4.79 Å². The highest BCUT2D eigenvalue weighted by atomic mass is 16.5. The zero-order chi connectivity index (χ0) is 11.8. The van der Waals surface area contributed by atoms with Gasteiger partial charge in [0.15, 0.2) is 5.82 Å². The summed E-state index contributed by atoms with van der Waals surface area (Å²) in [6.45, 7) is 5.15. The van der Waals surface area contributed by atoms with Crippen LogP contribution in [0.5, 0.6) is 0 Å². The molecule has 1 aliphatic carbocycles. The third kappa shape index (κ3) is 2.19. The molecule has 2 rings (SSSR count). The number of hydrogen-bond donors (Lipinski definition) is 2. The van der Waals surface area contributed by atoms with Crippen LogP contribution < -0.4 is 11.5 Å². The minimum absolute atomic E-state index is 0.0727. The Bertz CT molecular complexity index is 421. The minimum atomic E-state index is -0.487. The third-order valence-electron chi connectivity index (χ3n) is 3.65. The van der Waals surface area contributed by atoms with Gasteiger partial charge in [-0.3, -0.25) is 9.51 Å². The molecule has 1 aromatic heterocycles. The van der Waals surface area contributed by atoms with Crippen LogP contribution in [0, 0.1) is 10.8 Å². The third-order valence-corrected chi connectivity index (χ3v) is 3.65. The molecule has 5 nitrogen and oxygen atoms in total. The number of aromatic nitrogens is 2. The van der Waals surface area contributed by atoms with E-state index in [0.29, 0.717) is 24.2 Å². The molecule has 1 saturated carbocycles.